The molecule has 3 atom stereocenters. The number of nitrogens with zero attached hydrogens (tertiary/aromatic N) is 1. The Morgan fingerprint density at radius 3 is 2.57 bits per heavy atom. The van der Waals surface area contributed by atoms with Crippen LogP contribution in [0.2, 0.25) is 0 Å². The number of carbonyl (C=O) groups excluding carboxylic acids is 2. The van der Waals surface area contributed by atoms with Crippen molar-refractivity contribution in [3.63, 3.8) is 0 Å². The predicted octanol–water partition coefficient (Wildman–Crippen LogP) is 1.46. The molecule has 5 heteroatoms. The molecule has 21 heavy (non-hydrogen) atoms. The number of amides is 2. The molecular weight excluding hydrogens is 268 g/mol. The number of ether oxygens (including phenoxy) is 1. The molecule has 5 nitrogen and oxygen atoms in total. The molecule has 118 valence electrons. The molecule has 1 N–H and O–H groups in total. The molecule has 1 saturated carbocycles. The molecule has 1 aliphatic carbocycles. The SMILES string of the molecule is CC1OCCC1(C)N1CC(=O)NC(C2CCCCC2)C1=O. The van der Waals surface area contributed by atoms with Crippen LogP contribution in [0.1, 0.15) is 52.4 Å². The summed E-state index contributed by atoms with van der Waals surface area (Å²) >= 11 is 0. The fourth-order valence-electron chi connectivity index (χ4n) is 4.07. The topological polar surface area (TPSA) is 58.6 Å². The molecule has 2 heterocycles. The van der Waals surface area contributed by atoms with E-state index >= 15 is 0 Å². The third-order valence-corrected chi connectivity index (χ3v) is 5.74. The van der Waals surface area contributed by atoms with Crippen LogP contribution >= 0.6 is 0 Å². The van der Waals surface area contributed by atoms with Gasteiger partial charge in [0.25, 0.3) is 0 Å². The largest absolute Gasteiger partial charge is 0.376 e. The van der Waals surface area contributed by atoms with Crippen molar-refractivity contribution >= 4 is 11.8 Å². The summed E-state index contributed by atoms with van der Waals surface area (Å²) < 4.78 is 5.66. The summed E-state index contributed by atoms with van der Waals surface area (Å²) in [5.41, 5.74) is -0.345. The van der Waals surface area contributed by atoms with Gasteiger partial charge in [0.1, 0.15) is 12.6 Å². The lowest BCUT2D eigenvalue weighted by Crippen LogP contribution is -2.67. The molecule has 2 aliphatic heterocycles. The van der Waals surface area contributed by atoms with Crippen LogP contribution in [0.5, 0.6) is 0 Å². The average Bonchev–Trinajstić information content (AvgIpc) is 2.82. The molecule has 3 rings (SSSR count). The first-order chi connectivity index (χ1) is 10.0. The number of piperazine rings is 1. The molecular formula is C16H26N2O3. The Morgan fingerprint density at radius 2 is 1.95 bits per heavy atom. The number of hydrogen-bond acceptors (Lipinski definition) is 3. The minimum absolute atomic E-state index is 0.0145. The minimum Gasteiger partial charge on any atom is -0.376 e. The molecule has 3 unspecified atom stereocenters. The number of carbonyl (C=O) groups is 2. The molecule has 2 saturated heterocycles. The molecule has 0 aromatic carbocycles. The molecule has 0 aromatic rings. The van der Waals surface area contributed by atoms with Crippen LogP contribution in [0.25, 0.3) is 0 Å². The van der Waals surface area contributed by atoms with Crippen molar-refractivity contribution in [3.8, 4) is 0 Å². The quantitative estimate of drug-likeness (QED) is 0.839. The molecule has 0 bridgehead atoms. The fraction of sp³-hybridized carbons (Fsp3) is 0.875. The van der Waals surface area contributed by atoms with E-state index in [1.165, 1.54) is 19.3 Å². The van der Waals surface area contributed by atoms with E-state index in [9.17, 15) is 9.59 Å². The first-order valence-electron chi connectivity index (χ1n) is 8.25. The van der Waals surface area contributed by atoms with Crippen molar-refractivity contribution in [2.75, 3.05) is 13.2 Å². The molecule has 3 aliphatic rings. The highest BCUT2D eigenvalue weighted by Crippen LogP contribution is 2.35. The highest BCUT2D eigenvalue weighted by molar-refractivity contribution is 5.95. The summed E-state index contributed by atoms with van der Waals surface area (Å²) in [5, 5.41) is 2.95. The monoisotopic (exact) mass is 294 g/mol. The van der Waals surface area contributed by atoms with Crippen LogP contribution in [-0.4, -0.2) is 47.6 Å². The highest BCUT2D eigenvalue weighted by Gasteiger charge is 2.50. The number of nitrogens with one attached hydrogen (secondary N) is 1. The summed E-state index contributed by atoms with van der Waals surface area (Å²) in [7, 11) is 0. The number of rotatable bonds is 2. The second-order valence-corrected chi connectivity index (χ2v) is 6.99. The van der Waals surface area contributed by atoms with Crippen LogP contribution in [0.4, 0.5) is 0 Å². The van der Waals surface area contributed by atoms with Gasteiger partial charge in [-0.3, -0.25) is 9.59 Å². The first-order valence-corrected chi connectivity index (χ1v) is 8.25. The van der Waals surface area contributed by atoms with Crippen molar-refractivity contribution < 1.29 is 14.3 Å². The zero-order valence-electron chi connectivity index (χ0n) is 13.1. The summed E-state index contributed by atoms with van der Waals surface area (Å²) in [6.45, 7) is 4.89. The van der Waals surface area contributed by atoms with Gasteiger partial charge in [-0.2, -0.15) is 0 Å². The van der Waals surface area contributed by atoms with E-state index in [0.717, 1.165) is 19.3 Å². The standard InChI is InChI=1S/C16H26N2O3/c1-11-16(2,8-9-21-11)18-10-13(19)17-14(15(18)20)12-6-4-3-5-7-12/h11-12,14H,3-10H2,1-2H3,(H,17,19). The van der Waals surface area contributed by atoms with Gasteiger partial charge in [-0.25, -0.2) is 0 Å². The van der Waals surface area contributed by atoms with E-state index in [4.69, 9.17) is 4.74 Å². The second kappa shape index (κ2) is 5.59. The van der Waals surface area contributed by atoms with Crippen molar-refractivity contribution in [2.24, 2.45) is 5.92 Å². The van der Waals surface area contributed by atoms with E-state index in [1.54, 1.807) is 4.90 Å². The van der Waals surface area contributed by atoms with E-state index in [-0.39, 0.29) is 36.0 Å². The van der Waals surface area contributed by atoms with Crippen LogP contribution in [0.15, 0.2) is 0 Å². The first kappa shape index (κ1) is 14.8. The van der Waals surface area contributed by atoms with Crippen molar-refractivity contribution in [1.29, 1.82) is 0 Å². The Hall–Kier alpha value is -1.10. The van der Waals surface area contributed by atoms with E-state index in [0.29, 0.717) is 12.5 Å². The van der Waals surface area contributed by atoms with E-state index < -0.39 is 0 Å². The minimum atomic E-state index is -0.345. The Labute approximate surface area is 126 Å². The van der Waals surface area contributed by atoms with Gasteiger partial charge < -0.3 is 15.0 Å². The third-order valence-electron chi connectivity index (χ3n) is 5.74. The summed E-state index contributed by atoms with van der Waals surface area (Å²) in [4.78, 5) is 26.9. The van der Waals surface area contributed by atoms with Crippen LogP contribution in [-0.2, 0) is 14.3 Å². The Kier molecular flexibility index (Phi) is 3.95. The van der Waals surface area contributed by atoms with E-state index in [2.05, 4.69) is 12.2 Å². The summed E-state index contributed by atoms with van der Waals surface area (Å²) in [5.74, 6) is 0.381. The van der Waals surface area contributed by atoms with Gasteiger partial charge in [0.2, 0.25) is 11.8 Å². The second-order valence-electron chi connectivity index (χ2n) is 6.99. The van der Waals surface area contributed by atoms with Gasteiger partial charge in [0.15, 0.2) is 0 Å². The van der Waals surface area contributed by atoms with Crippen molar-refractivity contribution in [1.82, 2.24) is 10.2 Å². The maximum absolute atomic E-state index is 13.0. The van der Waals surface area contributed by atoms with Gasteiger partial charge in [0, 0.05) is 6.61 Å². The van der Waals surface area contributed by atoms with Gasteiger partial charge in [-0.05, 0) is 39.0 Å². The molecule has 3 fully saturated rings. The lowest BCUT2D eigenvalue weighted by atomic mass is 9.81. The van der Waals surface area contributed by atoms with Crippen molar-refractivity contribution in [3.05, 3.63) is 0 Å². The van der Waals surface area contributed by atoms with E-state index in [1.807, 2.05) is 6.92 Å². The summed E-state index contributed by atoms with van der Waals surface area (Å²) in [6, 6.07) is -0.323. The lowest BCUT2D eigenvalue weighted by Gasteiger charge is -2.46. The van der Waals surface area contributed by atoms with Crippen LogP contribution < -0.4 is 5.32 Å². The highest BCUT2D eigenvalue weighted by atomic mass is 16.5. The lowest BCUT2D eigenvalue weighted by molar-refractivity contribution is -0.154. The van der Waals surface area contributed by atoms with Gasteiger partial charge in [-0.15, -0.1) is 0 Å². The number of hydrogen-bond donors (Lipinski definition) is 1. The van der Waals surface area contributed by atoms with Gasteiger partial charge in [-0.1, -0.05) is 19.3 Å². The predicted molar refractivity (Wildman–Crippen MR) is 78.7 cm³/mol. The van der Waals surface area contributed by atoms with Crippen LogP contribution in [0.3, 0.4) is 0 Å². The van der Waals surface area contributed by atoms with Crippen LogP contribution in [0, 0.1) is 5.92 Å². The summed E-state index contributed by atoms with van der Waals surface area (Å²) in [6.07, 6.45) is 6.48. The average molecular weight is 294 g/mol. The van der Waals surface area contributed by atoms with Crippen molar-refractivity contribution in [2.45, 2.75) is 70.1 Å². The molecule has 0 radical (unpaired) electrons. The third kappa shape index (κ3) is 2.56. The molecule has 0 aromatic heterocycles. The molecule has 2 amide bonds. The zero-order chi connectivity index (χ0) is 15.0. The smallest absolute Gasteiger partial charge is 0.246 e. The Balaban J connectivity index is 1.81. The fourth-order valence-corrected chi connectivity index (χ4v) is 4.07. The normalized spacial score (nSPS) is 38.7. The zero-order valence-corrected chi connectivity index (χ0v) is 13.1. The van der Waals surface area contributed by atoms with Gasteiger partial charge >= 0.3 is 0 Å². The van der Waals surface area contributed by atoms with Gasteiger partial charge in [0.05, 0.1) is 11.6 Å². The molecule has 0 spiro atoms. The maximum atomic E-state index is 13.0. The Morgan fingerprint density at radius 1 is 1.24 bits per heavy atom. The Bertz CT molecular complexity index is 433. The maximum Gasteiger partial charge on any atom is 0.246 e.